The summed E-state index contributed by atoms with van der Waals surface area (Å²) >= 11 is 0. The lowest BCUT2D eigenvalue weighted by molar-refractivity contribution is -0.121. The fourth-order valence-electron chi connectivity index (χ4n) is 1.51. The molecule has 0 saturated carbocycles. The van der Waals surface area contributed by atoms with Gasteiger partial charge in [-0.2, -0.15) is 0 Å². The lowest BCUT2D eigenvalue weighted by Gasteiger charge is -2.29. The second kappa shape index (κ2) is 5.16. The van der Waals surface area contributed by atoms with Gasteiger partial charge in [0, 0.05) is 19.0 Å². The molecule has 13 heavy (non-hydrogen) atoms. The fraction of sp³-hybridized carbons (Fsp3) is 0.875. The van der Waals surface area contributed by atoms with Gasteiger partial charge < -0.3 is 10.6 Å². The van der Waals surface area contributed by atoms with E-state index >= 15 is 0 Å². The lowest BCUT2D eigenvalue weighted by atomic mass is 10.1. The highest BCUT2D eigenvalue weighted by Gasteiger charge is 2.15. The van der Waals surface area contributed by atoms with Gasteiger partial charge in [0.2, 0.25) is 5.91 Å². The van der Waals surface area contributed by atoms with Gasteiger partial charge in [0.25, 0.3) is 0 Å². The number of nitrogens with one attached hydrogen (secondary N) is 1. The van der Waals surface area contributed by atoms with Gasteiger partial charge in [0.05, 0.1) is 0 Å². The maximum atomic E-state index is 10.8. The first kappa shape index (κ1) is 10.4. The molecule has 5 N–H and O–H groups in total. The number of piperidine rings is 1. The third kappa shape index (κ3) is 3.71. The Balaban J connectivity index is 2.12. The lowest BCUT2D eigenvalue weighted by Crippen LogP contribution is -2.41. The Morgan fingerprint density at radius 2 is 2.08 bits per heavy atom. The summed E-state index contributed by atoms with van der Waals surface area (Å²) in [6.07, 6.45) is 2.54. The number of amides is 1. The second-order valence-corrected chi connectivity index (χ2v) is 3.50. The van der Waals surface area contributed by atoms with E-state index < -0.39 is 0 Å². The summed E-state index contributed by atoms with van der Waals surface area (Å²) in [5.41, 5.74) is 7.88. The number of nitrogens with two attached hydrogens (primary N) is 2. The molecule has 0 unspecified atom stereocenters. The van der Waals surface area contributed by atoms with E-state index in [0.29, 0.717) is 12.5 Å². The first-order valence-corrected chi connectivity index (χ1v) is 4.69. The van der Waals surface area contributed by atoms with E-state index in [-0.39, 0.29) is 5.91 Å². The molecular formula is C8H18N4O. The Morgan fingerprint density at radius 1 is 1.46 bits per heavy atom. The van der Waals surface area contributed by atoms with E-state index in [1.807, 2.05) is 0 Å². The molecule has 1 rings (SSSR count). The molecule has 0 atom stereocenters. The normalized spacial score (nSPS) is 20.2. The molecule has 5 nitrogen and oxygen atoms in total. The van der Waals surface area contributed by atoms with E-state index in [9.17, 15) is 4.79 Å². The van der Waals surface area contributed by atoms with Crippen molar-refractivity contribution in [1.82, 2.24) is 10.3 Å². The van der Waals surface area contributed by atoms with Crippen molar-refractivity contribution in [2.24, 2.45) is 11.6 Å². The van der Waals surface area contributed by atoms with Crippen LogP contribution in [0.1, 0.15) is 19.3 Å². The van der Waals surface area contributed by atoms with E-state index in [1.165, 1.54) is 0 Å². The summed E-state index contributed by atoms with van der Waals surface area (Å²) < 4.78 is 0. The van der Waals surface area contributed by atoms with Crippen molar-refractivity contribution >= 4 is 5.91 Å². The Kier molecular flexibility index (Phi) is 4.14. The van der Waals surface area contributed by atoms with Crippen molar-refractivity contribution in [3.05, 3.63) is 0 Å². The maximum Gasteiger partial charge on any atom is 0.235 e. The number of nitrogens with zero attached hydrogens (tertiary/aromatic N) is 1. The van der Waals surface area contributed by atoms with Gasteiger partial charge in [-0.25, -0.2) is 5.84 Å². The minimum Gasteiger partial charge on any atom is -0.328 e. The van der Waals surface area contributed by atoms with E-state index in [4.69, 9.17) is 11.6 Å². The van der Waals surface area contributed by atoms with Crippen molar-refractivity contribution < 1.29 is 4.79 Å². The van der Waals surface area contributed by atoms with Crippen LogP contribution in [-0.4, -0.2) is 36.5 Å². The Morgan fingerprint density at radius 3 is 2.62 bits per heavy atom. The molecule has 0 aliphatic carbocycles. The SMILES string of the molecule is NNC(=O)CCN1CCC(N)CC1. The van der Waals surface area contributed by atoms with Gasteiger partial charge in [-0.05, 0) is 25.9 Å². The molecule has 5 heteroatoms. The third-order valence-electron chi connectivity index (χ3n) is 2.45. The number of rotatable bonds is 3. The van der Waals surface area contributed by atoms with Crippen LogP contribution in [0.4, 0.5) is 0 Å². The molecule has 0 aromatic carbocycles. The Labute approximate surface area is 78.4 Å². The van der Waals surface area contributed by atoms with Crippen molar-refractivity contribution in [2.75, 3.05) is 19.6 Å². The monoisotopic (exact) mass is 186 g/mol. The summed E-state index contributed by atoms with van der Waals surface area (Å²) in [5.74, 6) is 4.87. The maximum absolute atomic E-state index is 10.8. The number of likely N-dealkylation sites (tertiary alicyclic amines) is 1. The van der Waals surface area contributed by atoms with Crippen LogP contribution in [0.5, 0.6) is 0 Å². The van der Waals surface area contributed by atoms with Gasteiger partial charge in [0.15, 0.2) is 0 Å². The molecule has 1 fully saturated rings. The molecule has 0 aromatic rings. The van der Waals surface area contributed by atoms with Crippen molar-refractivity contribution in [3.8, 4) is 0 Å². The van der Waals surface area contributed by atoms with Crippen LogP contribution >= 0.6 is 0 Å². The molecule has 1 saturated heterocycles. The van der Waals surface area contributed by atoms with Gasteiger partial charge in [0.1, 0.15) is 0 Å². The van der Waals surface area contributed by atoms with Gasteiger partial charge in [-0.3, -0.25) is 10.2 Å². The number of carbonyl (C=O) groups excluding carboxylic acids is 1. The Bertz CT molecular complexity index is 166. The number of hydrazine groups is 1. The van der Waals surface area contributed by atoms with Gasteiger partial charge >= 0.3 is 0 Å². The number of carbonyl (C=O) groups is 1. The Hall–Kier alpha value is -0.650. The van der Waals surface area contributed by atoms with Crippen LogP contribution in [0, 0.1) is 0 Å². The minimum absolute atomic E-state index is 0.102. The molecule has 0 bridgehead atoms. The number of hydrogen-bond donors (Lipinski definition) is 3. The van der Waals surface area contributed by atoms with Crippen molar-refractivity contribution in [3.63, 3.8) is 0 Å². The predicted octanol–water partition coefficient (Wildman–Crippen LogP) is -1.21. The topological polar surface area (TPSA) is 84.4 Å². The van der Waals surface area contributed by atoms with Crippen LogP contribution in [-0.2, 0) is 4.79 Å². The summed E-state index contributed by atoms with van der Waals surface area (Å²) in [4.78, 5) is 13.1. The molecule has 0 spiro atoms. The molecule has 0 aromatic heterocycles. The second-order valence-electron chi connectivity index (χ2n) is 3.50. The zero-order valence-corrected chi connectivity index (χ0v) is 7.83. The van der Waals surface area contributed by atoms with Crippen LogP contribution < -0.4 is 17.0 Å². The summed E-state index contributed by atoms with van der Waals surface area (Å²) in [6, 6.07) is 0.347. The first-order chi connectivity index (χ1) is 6.22. The van der Waals surface area contributed by atoms with Crippen LogP contribution in [0.3, 0.4) is 0 Å². The molecule has 76 valence electrons. The molecule has 0 radical (unpaired) electrons. The van der Waals surface area contributed by atoms with Crippen molar-refractivity contribution in [1.29, 1.82) is 0 Å². The summed E-state index contributed by atoms with van der Waals surface area (Å²) in [5, 5.41) is 0. The molecule has 1 heterocycles. The van der Waals surface area contributed by atoms with Crippen LogP contribution in [0.15, 0.2) is 0 Å². The molecule has 1 amide bonds. The van der Waals surface area contributed by atoms with Crippen LogP contribution in [0.25, 0.3) is 0 Å². The summed E-state index contributed by atoms with van der Waals surface area (Å²) in [7, 11) is 0. The fourth-order valence-corrected chi connectivity index (χ4v) is 1.51. The largest absolute Gasteiger partial charge is 0.328 e. The van der Waals surface area contributed by atoms with Gasteiger partial charge in [-0.1, -0.05) is 0 Å². The van der Waals surface area contributed by atoms with Gasteiger partial charge in [-0.15, -0.1) is 0 Å². The zero-order valence-electron chi connectivity index (χ0n) is 7.83. The van der Waals surface area contributed by atoms with E-state index in [0.717, 1.165) is 32.5 Å². The quantitative estimate of drug-likeness (QED) is 0.293. The number of hydrogen-bond acceptors (Lipinski definition) is 4. The smallest absolute Gasteiger partial charge is 0.235 e. The standard InChI is InChI=1S/C8H18N4O/c9-7-1-4-12(5-2-7)6-3-8(13)11-10/h7H,1-6,9-10H2,(H,11,13). The highest BCUT2D eigenvalue weighted by molar-refractivity contribution is 5.75. The van der Waals surface area contributed by atoms with Crippen molar-refractivity contribution in [2.45, 2.75) is 25.3 Å². The average Bonchev–Trinajstić information content (AvgIpc) is 2.16. The minimum atomic E-state index is -0.102. The predicted molar refractivity (Wildman–Crippen MR) is 50.6 cm³/mol. The first-order valence-electron chi connectivity index (χ1n) is 4.69. The summed E-state index contributed by atoms with van der Waals surface area (Å²) in [6.45, 7) is 2.79. The molecular weight excluding hydrogens is 168 g/mol. The third-order valence-corrected chi connectivity index (χ3v) is 2.45. The van der Waals surface area contributed by atoms with E-state index in [1.54, 1.807) is 0 Å². The molecule has 1 aliphatic heterocycles. The molecule has 1 aliphatic rings. The van der Waals surface area contributed by atoms with E-state index in [2.05, 4.69) is 10.3 Å². The van der Waals surface area contributed by atoms with Crippen LogP contribution in [0.2, 0.25) is 0 Å². The highest BCUT2D eigenvalue weighted by atomic mass is 16.2. The highest BCUT2D eigenvalue weighted by Crippen LogP contribution is 2.07. The zero-order chi connectivity index (χ0) is 9.68. The average molecular weight is 186 g/mol.